The molecule has 0 aliphatic carbocycles. The molecular weight excluding hydrogens is 424 g/mol. The van der Waals surface area contributed by atoms with Crippen molar-refractivity contribution in [3.63, 3.8) is 0 Å². The number of nitrogens with one attached hydrogen (secondary N) is 2. The Bertz CT molecular complexity index is 1020. The van der Waals surface area contributed by atoms with Gasteiger partial charge in [-0.25, -0.2) is 0 Å². The van der Waals surface area contributed by atoms with Gasteiger partial charge >= 0.3 is 0 Å². The fraction of sp³-hybridized carbons (Fsp3) is 0.345. The Morgan fingerprint density at radius 2 is 1.62 bits per heavy atom. The second-order valence-corrected chi connectivity index (χ2v) is 8.99. The zero-order valence-electron chi connectivity index (χ0n) is 20.3. The highest BCUT2D eigenvalue weighted by molar-refractivity contribution is 5.79. The van der Waals surface area contributed by atoms with Crippen LogP contribution in [0.5, 0.6) is 5.75 Å². The van der Waals surface area contributed by atoms with Gasteiger partial charge in [0.2, 0.25) is 5.91 Å². The van der Waals surface area contributed by atoms with Crippen LogP contribution in [0.15, 0.2) is 78.9 Å². The van der Waals surface area contributed by atoms with Crippen LogP contribution < -0.4 is 15.4 Å². The molecule has 0 radical (unpaired) electrons. The lowest BCUT2D eigenvalue weighted by Gasteiger charge is -2.25. The van der Waals surface area contributed by atoms with E-state index in [4.69, 9.17) is 4.74 Å². The van der Waals surface area contributed by atoms with Gasteiger partial charge in [0.25, 0.3) is 0 Å². The number of rotatable bonds is 12. The maximum atomic E-state index is 12.8. The average Bonchev–Trinajstić information content (AvgIpc) is 2.84. The molecule has 0 bridgehead atoms. The highest BCUT2D eigenvalue weighted by atomic mass is 16.5. The number of hydrogen-bond acceptors (Lipinski definition) is 4. The Kier molecular flexibility index (Phi) is 9.68. The van der Waals surface area contributed by atoms with E-state index in [1.54, 1.807) is 7.11 Å². The van der Waals surface area contributed by atoms with Crippen LogP contribution in [-0.4, -0.2) is 36.8 Å². The molecule has 5 heteroatoms. The normalized spacial score (nSPS) is 12.9. The average molecular weight is 461 g/mol. The number of hydrogen-bond donors (Lipinski definition) is 3. The first-order valence-corrected chi connectivity index (χ1v) is 11.9. The summed E-state index contributed by atoms with van der Waals surface area (Å²) in [6.07, 6.45) is 0.104. The van der Waals surface area contributed by atoms with Crippen molar-refractivity contribution in [2.24, 2.45) is 0 Å². The number of amides is 1. The summed E-state index contributed by atoms with van der Waals surface area (Å²) in [5.41, 5.74) is 4.36. The Labute approximate surface area is 203 Å². The number of ether oxygens (including phenoxy) is 1. The van der Waals surface area contributed by atoms with Crippen LogP contribution in [0.25, 0.3) is 0 Å². The zero-order valence-corrected chi connectivity index (χ0v) is 20.3. The summed E-state index contributed by atoms with van der Waals surface area (Å²) in [6, 6.07) is 25.5. The summed E-state index contributed by atoms with van der Waals surface area (Å²) in [5, 5.41) is 17.3. The highest BCUT2D eigenvalue weighted by Gasteiger charge is 2.22. The molecule has 3 rings (SSSR count). The molecule has 3 aromatic carbocycles. The summed E-state index contributed by atoms with van der Waals surface area (Å²) in [5.74, 6) is 1.17. The fourth-order valence-electron chi connectivity index (χ4n) is 3.90. The SMILES string of the molecule is COc1cccc(CNC[C@@H](O)[C@H](Cc2ccccc2)NC(=O)Cc2ccc(C(C)C)cc2)c1. The Hall–Kier alpha value is -3.15. The molecule has 180 valence electrons. The number of benzene rings is 3. The van der Waals surface area contributed by atoms with Gasteiger partial charge in [0.05, 0.1) is 25.7 Å². The predicted molar refractivity (Wildman–Crippen MR) is 137 cm³/mol. The quantitative estimate of drug-likeness (QED) is 0.378. The van der Waals surface area contributed by atoms with Gasteiger partial charge < -0.3 is 20.5 Å². The van der Waals surface area contributed by atoms with Gasteiger partial charge in [-0.15, -0.1) is 0 Å². The van der Waals surface area contributed by atoms with E-state index < -0.39 is 12.1 Å². The third-order valence-electron chi connectivity index (χ3n) is 5.94. The molecule has 0 saturated heterocycles. The molecule has 0 heterocycles. The van der Waals surface area contributed by atoms with E-state index in [9.17, 15) is 9.90 Å². The maximum Gasteiger partial charge on any atom is 0.224 e. The third-order valence-corrected chi connectivity index (χ3v) is 5.94. The van der Waals surface area contributed by atoms with Gasteiger partial charge in [-0.05, 0) is 46.7 Å². The molecule has 0 aliphatic rings. The van der Waals surface area contributed by atoms with Gasteiger partial charge in [0.1, 0.15) is 5.75 Å². The van der Waals surface area contributed by atoms with Gasteiger partial charge in [-0.1, -0.05) is 80.6 Å². The second kappa shape index (κ2) is 12.9. The van der Waals surface area contributed by atoms with E-state index >= 15 is 0 Å². The first kappa shape index (κ1) is 25.5. The van der Waals surface area contributed by atoms with Crippen molar-refractivity contribution in [1.82, 2.24) is 10.6 Å². The molecular formula is C29H36N2O3. The minimum Gasteiger partial charge on any atom is -0.497 e. The lowest BCUT2D eigenvalue weighted by atomic mass is 9.99. The third kappa shape index (κ3) is 8.01. The fourth-order valence-corrected chi connectivity index (χ4v) is 3.90. The molecule has 3 N–H and O–H groups in total. The Morgan fingerprint density at radius 1 is 0.912 bits per heavy atom. The molecule has 1 amide bonds. The van der Waals surface area contributed by atoms with Gasteiger partial charge in [0, 0.05) is 13.1 Å². The lowest BCUT2D eigenvalue weighted by molar-refractivity contribution is -0.122. The van der Waals surface area contributed by atoms with E-state index in [0.717, 1.165) is 22.4 Å². The number of carbonyl (C=O) groups is 1. The van der Waals surface area contributed by atoms with Crippen molar-refractivity contribution in [3.8, 4) is 5.75 Å². The standard InChI is InChI=1S/C29H36N2O3/c1-21(2)25-14-12-23(13-15-25)18-29(33)31-27(17-22-8-5-4-6-9-22)28(32)20-30-19-24-10-7-11-26(16-24)34-3/h4-16,21,27-28,30,32H,17-20H2,1-3H3,(H,31,33)/t27-,28+/m0/s1. The smallest absolute Gasteiger partial charge is 0.224 e. The zero-order chi connectivity index (χ0) is 24.3. The summed E-state index contributed by atoms with van der Waals surface area (Å²) >= 11 is 0. The largest absolute Gasteiger partial charge is 0.497 e. The van der Waals surface area contributed by atoms with Crippen molar-refractivity contribution in [3.05, 3.63) is 101 Å². The second-order valence-electron chi connectivity index (χ2n) is 8.99. The van der Waals surface area contributed by atoms with Crippen LogP contribution in [0.1, 0.15) is 42.0 Å². The van der Waals surface area contributed by atoms with Gasteiger partial charge in [-0.2, -0.15) is 0 Å². The van der Waals surface area contributed by atoms with Crippen molar-refractivity contribution in [1.29, 1.82) is 0 Å². The van der Waals surface area contributed by atoms with Gasteiger partial charge in [0.15, 0.2) is 0 Å². The summed E-state index contributed by atoms with van der Waals surface area (Å²) in [4.78, 5) is 12.8. The molecule has 3 aromatic rings. The molecule has 5 nitrogen and oxygen atoms in total. The van der Waals surface area contributed by atoms with E-state index in [-0.39, 0.29) is 12.3 Å². The lowest BCUT2D eigenvalue weighted by Crippen LogP contribution is -2.49. The van der Waals surface area contributed by atoms with Gasteiger partial charge in [-0.3, -0.25) is 4.79 Å². The molecule has 0 fully saturated rings. The van der Waals surface area contributed by atoms with E-state index in [2.05, 4.69) is 36.6 Å². The van der Waals surface area contributed by atoms with Crippen molar-refractivity contribution in [2.45, 2.75) is 51.3 Å². The topological polar surface area (TPSA) is 70.6 Å². The van der Waals surface area contributed by atoms with Crippen molar-refractivity contribution < 1.29 is 14.6 Å². The van der Waals surface area contributed by atoms with E-state index in [1.165, 1.54) is 5.56 Å². The number of methoxy groups -OCH3 is 1. The van der Waals surface area contributed by atoms with E-state index in [0.29, 0.717) is 25.4 Å². The molecule has 34 heavy (non-hydrogen) atoms. The van der Waals surface area contributed by atoms with E-state index in [1.807, 2.05) is 66.7 Å². The Morgan fingerprint density at radius 3 is 2.29 bits per heavy atom. The maximum absolute atomic E-state index is 12.8. The summed E-state index contributed by atoms with van der Waals surface area (Å²) in [6.45, 7) is 5.26. The minimum absolute atomic E-state index is 0.0925. The molecule has 0 saturated carbocycles. The van der Waals surface area contributed by atoms with Crippen LogP contribution in [0.4, 0.5) is 0 Å². The number of aliphatic hydroxyl groups is 1. The predicted octanol–water partition coefficient (Wildman–Crippen LogP) is 4.24. The molecule has 0 spiro atoms. The van der Waals surface area contributed by atoms with Crippen LogP contribution in [0.2, 0.25) is 0 Å². The molecule has 2 atom stereocenters. The van der Waals surface area contributed by atoms with Crippen LogP contribution in [0.3, 0.4) is 0 Å². The molecule has 0 aliphatic heterocycles. The molecule has 0 aromatic heterocycles. The number of carbonyl (C=O) groups excluding carboxylic acids is 1. The Balaban J connectivity index is 1.60. The van der Waals surface area contributed by atoms with Crippen LogP contribution >= 0.6 is 0 Å². The van der Waals surface area contributed by atoms with Crippen molar-refractivity contribution in [2.75, 3.05) is 13.7 Å². The minimum atomic E-state index is -0.738. The highest BCUT2D eigenvalue weighted by Crippen LogP contribution is 2.15. The van der Waals surface area contributed by atoms with Crippen LogP contribution in [-0.2, 0) is 24.2 Å². The first-order chi connectivity index (χ1) is 16.4. The number of aliphatic hydroxyl groups excluding tert-OH is 1. The summed E-state index contributed by atoms with van der Waals surface area (Å²) < 4.78 is 5.27. The monoisotopic (exact) mass is 460 g/mol. The first-order valence-electron chi connectivity index (χ1n) is 11.9. The summed E-state index contributed by atoms with van der Waals surface area (Å²) in [7, 11) is 1.64. The van der Waals surface area contributed by atoms with Crippen molar-refractivity contribution >= 4 is 5.91 Å². The molecule has 0 unspecified atom stereocenters. The van der Waals surface area contributed by atoms with Crippen LogP contribution in [0, 0.1) is 0 Å².